The van der Waals surface area contributed by atoms with Crippen molar-refractivity contribution >= 4 is 28.9 Å². The molecule has 5 rings (SSSR count). The van der Waals surface area contributed by atoms with Gasteiger partial charge in [-0.2, -0.15) is 5.10 Å². The van der Waals surface area contributed by atoms with Gasteiger partial charge in [-0.25, -0.2) is 13.6 Å². The first-order valence-electron chi connectivity index (χ1n) is 12.1. The number of carbonyl (C=O) groups is 1. The summed E-state index contributed by atoms with van der Waals surface area (Å²) in [6, 6.07) is 13.8. The number of halogens is 3. The van der Waals surface area contributed by atoms with Crippen LogP contribution in [0.1, 0.15) is 41.4 Å². The number of hydrogen-bond acceptors (Lipinski definition) is 5. The van der Waals surface area contributed by atoms with Crippen LogP contribution in [0.5, 0.6) is 0 Å². The van der Waals surface area contributed by atoms with Gasteiger partial charge in [0, 0.05) is 61.2 Å². The van der Waals surface area contributed by atoms with E-state index in [4.69, 9.17) is 11.6 Å². The summed E-state index contributed by atoms with van der Waals surface area (Å²) in [6.07, 6.45) is -0.520. The molecule has 2 fully saturated rings. The Morgan fingerprint density at radius 3 is 2.53 bits per heavy atom. The molecule has 0 amide bonds. The van der Waals surface area contributed by atoms with E-state index in [1.54, 1.807) is 0 Å². The predicted molar refractivity (Wildman–Crippen MR) is 137 cm³/mol. The molecule has 190 valence electrons. The molecule has 0 radical (unpaired) electrons. The lowest BCUT2D eigenvalue weighted by Gasteiger charge is -2.36. The average Bonchev–Trinajstić information content (AvgIpc) is 3.36. The van der Waals surface area contributed by atoms with Crippen LogP contribution in [-0.2, 0) is 0 Å². The standard InChI is InChI=1S/C26H28ClF2N5O2/c27-18-5-8-21(17-3-6-19(7-4-17)32-12-9-30-10-13-32)23(14-18)33-11-1-2-20(16-33)34-24(25(28)29)22(15-31-34)26(35)36/h3-8,14-15,20,25,30H,1-2,9-13,16H2,(H,35,36). The number of aromatic carboxylic acids is 1. The van der Waals surface area contributed by atoms with E-state index in [-0.39, 0.29) is 6.04 Å². The Kier molecular flexibility index (Phi) is 7.11. The summed E-state index contributed by atoms with van der Waals surface area (Å²) >= 11 is 6.39. The van der Waals surface area contributed by atoms with Crippen molar-refractivity contribution in [3.8, 4) is 11.1 Å². The summed E-state index contributed by atoms with van der Waals surface area (Å²) in [5.74, 6) is -1.40. The number of aromatic nitrogens is 2. The summed E-state index contributed by atoms with van der Waals surface area (Å²) in [5.41, 5.74) is 3.17. The van der Waals surface area contributed by atoms with Crippen LogP contribution in [0.25, 0.3) is 11.1 Å². The Hall–Kier alpha value is -3.17. The first kappa shape index (κ1) is 24.5. The number of hydrogen-bond donors (Lipinski definition) is 2. The third-order valence-corrected chi connectivity index (χ3v) is 7.21. The zero-order valence-electron chi connectivity index (χ0n) is 19.7. The number of piperidine rings is 1. The number of rotatable bonds is 6. The molecule has 2 aromatic carbocycles. The maximum atomic E-state index is 13.8. The molecule has 7 nitrogen and oxygen atoms in total. The Morgan fingerprint density at radius 2 is 1.83 bits per heavy atom. The van der Waals surface area contributed by atoms with Crippen molar-refractivity contribution in [1.29, 1.82) is 0 Å². The van der Waals surface area contributed by atoms with Gasteiger partial charge in [0.05, 0.1) is 12.2 Å². The lowest BCUT2D eigenvalue weighted by atomic mass is 9.99. The number of benzene rings is 2. The van der Waals surface area contributed by atoms with Gasteiger partial charge in [0.2, 0.25) is 0 Å². The van der Waals surface area contributed by atoms with Gasteiger partial charge in [-0.3, -0.25) is 4.68 Å². The minimum Gasteiger partial charge on any atom is -0.478 e. The second-order valence-corrected chi connectivity index (χ2v) is 9.62. The summed E-state index contributed by atoms with van der Waals surface area (Å²) in [5, 5.41) is 17.3. The Morgan fingerprint density at radius 1 is 1.08 bits per heavy atom. The Bertz CT molecular complexity index is 1230. The number of carboxylic acid groups (broad SMARTS) is 1. The summed E-state index contributed by atoms with van der Waals surface area (Å²) in [6.45, 7) is 5.04. The Labute approximate surface area is 213 Å². The van der Waals surface area contributed by atoms with Crippen molar-refractivity contribution in [2.75, 3.05) is 49.1 Å². The quantitative estimate of drug-likeness (QED) is 0.476. The van der Waals surface area contributed by atoms with Gasteiger partial charge >= 0.3 is 5.97 Å². The zero-order chi connectivity index (χ0) is 25.2. The first-order valence-corrected chi connectivity index (χ1v) is 12.5. The van der Waals surface area contributed by atoms with E-state index in [1.165, 1.54) is 10.4 Å². The highest BCUT2D eigenvalue weighted by molar-refractivity contribution is 6.31. The maximum absolute atomic E-state index is 13.8. The molecule has 1 unspecified atom stereocenters. The van der Waals surface area contributed by atoms with Gasteiger partial charge < -0.3 is 20.2 Å². The molecular formula is C26H28ClF2N5O2. The van der Waals surface area contributed by atoms with E-state index in [0.29, 0.717) is 18.0 Å². The van der Waals surface area contributed by atoms with E-state index in [0.717, 1.165) is 62.2 Å². The van der Waals surface area contributed by atoms with Crippen LogP contribution in [0.2, 0.25) is 5.02 Å². The SMILES string of the molecule is O=C(O)c1cnn(C2CCCN(c3cc(Cl)ccc3-c3ccc(N4CCNCC4)cc3)C2)c1C(F)F. The molecule has 10 heteroatoms. The van der Waals surface area contributed by atoms with Crippen molar-refractivity contribution in [1.82, 2.24) is 15.1 Å². The molecule has 3 aromatic rings. The molecule has 0 bridgehead atoms. The number of nitrogens with one attached hydrogen (secondary N) is 1. The molecule has 3 heterocycles. The van der Waals surface area contributed by atoms with Crippen molar-refractivity contribution in [3.63, 3.8) is 0 Å². The smallest absolute Gasteiger partial charge is 0.339 e. The number of anilines is 2. The lowest BCUT2D eigenvalue weighted by Crippen LogP contribution is -2.43. The summed E-state index contributed by atoms with van der Waals surface area (Å²) < 4.78 is 28.8. The number of carboxylic acids is 1. The molecule has 36 heavy (non-hydrogen) atoms. The van der Waals surface area contributed by atoms with E-state index in [9.17, 15) is 18.7 Å². The molecule has 1 atom stereocenters. The van der Waals surface area contributed by atoms with Crippen molar-refractivity contribution in [2.24, 2.45) is 0 Å². The zero-order valence-corrected chi connectivity index (χ0v) is 20.5. The fraction of sp³-hybridized carbons (Fsp3) is 0.385. The molecule has 0 aliphatic carbocycles. The molecule has 0 saturated carbocycles. The predicted octanol–water partition coefficient (Wildman–Crippen LogP) is 5.09. The van der Waals surface area contributed by atoms with Crippen LogP contribution in [-0.4, -0.2) is 60.1 Å². The van der Waals surface area contributed by atoms with Crippen molar-refractivity contribution < 1.29 is 18.7 Å². The van der Waals surface area contributed by atoms with E-state index < -0.39 is 23.7 Å². The van der Waals surface area contributed by atoms with Gasteiger partial charge in [0.25, 0.3) is 6.43 Å². The topological polar surface area (TPSA) is 73.6 Å². The van der Waals surface area contributed by atoms with E-state index in [2.05, 4.69) is 44.5 Å². The van der Waals surface area contributed by atoms with Crippen LogP contribution in [0, 0.1) is 0 Å². The van der Waals surface area contributed by atoms with Gasteiger partial charge in [0.15, 0.2) is 0 Å². The number of nitrogens with zero attached hydrogens (tertiary/aromatic N) is 4. The highest BCUT2D eigenvalue weighted by atomic mass is 35.5. The lowest BCUT2D eigenvalue weighted by molar-refractivity contribution is 0.0681. The fourth-order valence-corrected chi connectivity index (χ4v) is 5.37. The molecule has 0 spiro atoms. The van der Waals surface area contributed by atoms with Crippen LogP contribution in [0.3, 0.4) is 0 Å². The fourth-order valence-electron chi connectivity index (χ4n) is 5.20. The summed E-state index contributed by atoms with van der Waals surface area (Å²) in [7, 11) is 0. The number of piperazine rings is 1. The highest BCUT2D eigenvalue weighted by Gasteiger charge is 2.31. The van der Waals surface area contributed by atoms with Gasteiger partial charge in [-0.05, 0) is 42.7 Å². The Balaban J connectivity index is 1.43. The monoisotopic (exact) mass is 515 g/mol. The third kappa shape index (κ3) is 4.90. The molecule has 2 aliphatic heterocycles. The molecule has 2 aliphatic rings. The van der Waals surface area contributed by atoms with Crippen LogP contribution in [0.15, 0.2) is 48.7 Å². The minimum atomic E-state index is -2.93. The molecule has 2 saturated heterocycles. The summed E-state index contributed by atoms with van der Waals surface area (Å²) in [4.78, 5) is 15.9. The first-order chi connectivity index (χ1) is 17.4. The second kappa shape index (κ2) is 10.4. The highest BCUT2D eigenvalue weighted by Crippen LogP contribution is 2.38. The van der Waals surface area contributed by atoms with Gasteiger partial charge in [-0.15, -0.1) is 0 Å². The molecule has 1 aromatic heterocycles. The van der Waals surface area contributed by atoms with Gasteiger partial charge in [0.1, 0.15) is 11.3 Å². The normalized spacial score (nSPS) is 18.6. The maximum Gasteiger partial charge on any atom is 0.339 e. The third-order valence-electron chi connectivity index (χ3n) is 6.97. The second-order valence-electron chi connectivity index (χ2n) is 9.18. The van der Waals surface area contributed by atoms with Crippen LogP contribution >= 0.6 is 11.6 Å². The van der Waals surface area contributed by atoms with Gasteiger partial charge in [-0.1, -0.05) is 29.8 Å². The van der Waals surface area contributed by atoms with E-state index in [1.807, 2.05) is 18.2 Å². The number of alkyl halides is 2. The average molecular weight is 516 g/mol. The largest absolute Gasteiger partial charge is 0.478 e. The van der Waals surface area contributed by atoms with Crippen molar-refractivity contribution in [2.45, 2.75) is 25.3 Å². The van der Waals surface area contributed by atoms with Crippen molar-refractivity contribution in [3.05, 3.63) is 64.9 Å². The van der Waals surface area contributed by atoms with E-state index >= 15 is 0 Å². The van der Waals surface area contributed by atoms with Crippen LogP contribution in [0.4, 0.5) is 20.2 Å². The molecule has 2 N–H and O–H groups in total. The van der Waals surface area contributed by atoms with Crippen LogP contribution < -0.4 is 15.1 Å². The minimum absolute atomic E-state index is 0.377. The molecular weight excluding hydrogens is 488 g/mol.